The van der Waals surface area contributed by atoms with Crippen LogP contribution in [0.1, 0.15) is 15.9 Å². The van der Waals surface area contributed by atoms with Gasteiger partial charge in [-0.1, -0.05) is 48.0 Å². The fourth-order valence-electron chi connectivity index (χ4n) is 2.80. The second kappa shape index (κ2) is 11.0. The van der Waals surface area contributed by atoms with Crippen molar-refractivity contribution in [3.8, 4) is 5.75 Å². The molecule has 0 radical (unpaired) electrons. The highest BCUT2D eigenvalue weighted by atomic mass is 35.5. The number of rotatable bonds is 9. The summed E-state index contributed by atoms with van der Waals surface area (Å²) in [5.74, 6) is -0.879. The van der Waals surface area contributed by atoms with Gasteiger partial charge in [0.05, 0.1) is 17.7 Å². The fraction of sp³-hybridized carbons (Fsp3) is 0.130. The van der Waals surface area contributed by atoms with E-state index in [1.54, 1.807) is 48.5 Å². The Kier molecular flexibility index (Phi) is 8.05. The number of anilines is 1. The topological polar surface area (TPSA) is 111 Å². The molecule has 0 bridgehead atoms. The predicted molar refractivity (Wildman–Crippen MR) is 124 cm³/mol. The van der Waals surface area contributed by atoms with Crippen LogP contribution in [0.5, 0.6) is 5.75 Å². The van der Waals surface area contributed by atoms with Gasteiger partial charge in [0.25, 0.3) is 5.91 Å². The summed E-state index contributed by atoms with van der Waals surface area (Å²) in [6.45, 7) is -0.508. The van der Waals surface area contributed by atoms with Crippen LogP contribution in [-0.4, -0.2) is 34.0 Å². The van der Waals surface area contributed by atoms with E-state index in [9.17, 15) is 18.0 Å². The molecule has 1 amide bonds. The van der Waals surface area contributed by atoms with Gasteiger partial charge < -0.3 is 14.8 Å². The molecule has 0 aliphatic carbocycles. The van der Waals surface area contributed by atoms with E-state index < -0.39 is 28.5 Å². The summed E-state index contributed by atoms with van der Waals surface area (Å²) in [4.78, 5) is 24.2. The number of esters is 1. The Balaban J connectivity index is 1.63. The molecule has 172 valence electrons. The monoisotopic (exact) mass is 488 g/mol. The first-order valence-corrected chi connectivity index (χ1v) is 11.6. The number of hydrogen-bond acceptors (Lipinski definition) is 6. The molecule has 3 rings (SSSR count). The smallest absolute Gasteiger partial charge is 0.338 e. The van der Waals surface area contributed by atoms with Crippen molar-refractivity contribution in [1.82, 2.24) is 4.72 Å². The van der Waals surface area contributed by atoms with Crippen molar-refractivity contribution in [2.24, 2.45) is 0 Å². The minimum atomic E-state index is -4.00. The van der Waals surface area contributed by atoms with Gasteiger partial charge >= 0.3 is 5.97 Å². The van der Waals surface area contributed by atoms with Crippen LogP contribution in [0.2, 0.25) is 5.02 Å². The molecule has 3 aromatic rings. The zero-order chi connectivity index (χ0) is 23.8. The van der Waals surface area contributed by atoms with Gasteiger partial charge in [0.2, 0.25) is 10.0 Å². The van der Waals surface area contributed by atoms with Gasteiger partial charge in [-0.15, -0.1) is 0 Å². The Bertz CT molecular complexity index is 1250. The fourth-order valence-corrected chi connectivity index (χ4v) is 4.34. The van der Waals surface area contributed by atoms with Crippen LogP contribution in [0.3, 0.4) is 0 Å². The lowest BCUT2D eigenvalue weighted by Crippen LogP contribution is -2.24. The maximum absolute atomic E-state index is 12.7. The average molecular weight is 489 g/mol. The molecular weight excluding hydrogens is 468 g/mol. The SMILES string of the molecule is COc1cccc(NC(=O)COC(=O)c2ccc(Cl)c(S(=O)(=O)NCc3ccccc3)c2)c1. The number of methoxy groups -OCH3 is 1. The summed E-state index contributed by atoms with van der Waals surface area (Å²) in [5.41, 5.74) is 1.17. The van der Waals surface area contributed by atoms with Crippen molar-refractivity contribution < 1.29 is 27.5 Å². The van der Waals surface area contributed by atoms with E-state index in [1.807, 2.05) is 6.07 Å². The van der Waals surface area contributed by atoms with Crippen molar-refractivity contribution in [3.63, 3.8) is 0 Å². The van der Waals surface area contributed by atoms with Crippen molar-refractivity contribution in [1.29, 1.82) is 0 Å². The van der Waals surface area contributed by atoms with Gasteiger partial charge in [-0.3, -0.25) is 4.79 Å². The largest absolute Gasteiger partial charge is 0.497 e. The van der Waals surface area contributed by atoms with E-state index in [0.29, 0.717) is 11.4 Å². The number of benzene rings is 3. The molecule has 3 aromatic carbocycles. The van der Waals surface area contributed by atoms with Crippen LogP contribution in [0.25, 0.3) is 0 Å². The number of hydrogen-bond donors (Lipinski definition) is 2. The van der Waals surface area contributed by atoms with Crippen LogP contribution >= 0.6 is 11.6 Å². The van der Waals surface area contributed by atoms with Crippen molar-refractivity contribution in [2.75, 3.05) is 19.0 Å². The third-order valence-corrected chi connectivity index (χ3v) is 6.34. The standard InChI is InChI=1S/C23H21ClN2O6S/c1-31-19-9-5-8-18(13-19)26-22(27)15-32-23(28)17-10-11-20(24)21(12-17)33(29,30)25-14-16-6-3-2-4-7-16/h2-13,25H,14-15H2,1H3,(H,26,27). The maximum atomic E-state index is 12.7. The Hall–Kier alpha value is -3.40. The molecule has 10 heteroatoms. The second-order valence-electron chi connectivity index (χ2n) is 6.81. The van der Waals surface area contributed by atoms with Crippen molar-refractivity contribution in [2.45, 2.75) is 11.4 Å². The van der Waals surface area contributed by atoms with Gasteiger partial charge in [0, 0.05) is 18.3 Å². The first-order chi connectivity index (χ1) is 15.8. The quantitative estimate of drug-likeness (QED) is 0.445. The molecular formula is C23H21ClN2O6S. The number of halogens is 1. The third-order valence-electron chi connectivity index (χ3n) is 4.45. The van der Waals surface area contributed by atoms with Crippen LogP contribution in [0, 0.1) is 0 Å². The lowest BCUT2D eigenvalue weighted by Gasteiger charge is -2.11. The molecule has 0 saturated heterocycles. The third kappa shape index (κ3) is 6.79. The molecule has 0 atom stereocenters. The molecule has 33 heavy (non-hydrogen) atoms. The van der Waals surface area contributed by atoms with E-state index in [2.05, 4.69) is 10.0 Å². The lowest BCUT2D eigenvalue weighted by atomic mass is 10.2. The molecule has 0 aromatic heterocycles. The first-order valence-electron chi connectivity index (χ1n) is 9.72. The van der Waals surface area contributed by atoms with E-state index in [1.165, 1.54) is 19.2 Å². The number of sulfonamides is 1. The van der Waals surface area contributed by atoms with Gasteiger partial charge in [-0.05, 0) is 35.9 Å². The van der Waals surface area contributed by atoms with Gasteiger partial charge in [0.1, 0.15) is 10.6 Å². The molecule has 0 aliphatic rings. The normalized spacial score (nSPS) is 11.0. The highest BCUT2D eigenvalue weighted by Gasteiger charge is 2.21. The first kappa shape index (κ1) is 24.2. The van der Waals surface area contributed by atoms with Crippen molar-refractivity contribution >= 4 is 39.2 Å². The predicted octanol–water partition coefficient (Wildman–Crippen LogP) is 3.62. The number of amides is 1. The summed E-state index contributed by atoms with van der Waals surface area (Å²) >= 11 is 6.06. The average Bonchev–Trinajstić information content (AvgIpc) is 2.82. The molecule has 0 saturated carbocycles. The number of carbonyl (C=O) groups excluding carboxylic acids is 2. The highest BCUT2D eigenvalue weighted by Crippen LogP contribution is 2.23. The van der Waals surface area contributed by atoms with Gasteiger partial charge in [0.15, 0.2) is 6.61 Å². The summed E-state index contributed by atoms with van der Waals surface area (Å²) in [7, 11) is -2.50. The summed E-state index contributed by atoms with van der Waals surface area (Å²) in [5, 5.41) is 2.52. The maximum Gasteiger partial charge on any atom is 0.338 e. The Morgan fingerprint density at radius 1 is 0.970 bits per heavy atom. The van der Waals surface area contributed by atoms with Crippen molar-refractivity contribution in [3.05, 3.63) is 88.9 Å². The molecule has 0 fully saturated rings. The summed E-state index contributed by atoms with van der Waals surface area (Å²) in [6, 6.07) is 19.3. The number of carbonyl (C=O) groups is 2. The number of ether oxygens (including phenoxy) is 2. The molecule has 0 spiro atoms. The zero-order valence-electron chi connectivity index (χ0n) is 17.6. The summed E-state index contributed by atoms with van der Waals surface area (Å²) in [6.07, 6.45) is 0. The molecule has 0 unspecified atom stereocenters. The number of nitrogens with one attached hydrogen (secondary N) is 2. The van der Waals surface area contributed by atoms with E-state index >= 15 is 0 Å². The molecule has 2 N–H and O–H groups in total. The van der Waals surface area contributed by atoms with Crippen LogP contribution in [-0.2, 0) is 26.1 Å². The minimum absolute atomic E-state index is 0.0529. The second-order valence-corrected chi connectivity index (χ2v) is 8.95. The van der Waals surface area contributed by atoms with Crippen LogP contribution < -0.4 is 14.8 Å². The van der Waals surface area contributed by atoms with Crippen LogP contribution in [0.4, 0.5) is 5.69 Å². The molecule has 0 aliphatic heterocycles. The van der Waals surface area contributed by atoms with E-state index in [4.69, 9.17) is 21.1 Å². The zero-order valence-corrected chi connectivity index (χ0v) is 19.2. The lowest BCUT2D eigenvalue weighted by molar-refractivity contribution is -0.119. The minimum Gasteiger partial charge on any atom is -0.497 e. The molecule has 0 heterocycles. The highest BCUT2D eigenvalue weighted by molar-refractivity contribution is 7.89. The van der Waals surface area contributed by atoms with E-state index in [-0.39, 0.29) is 22.0 Å². The summed E-state index contributed by atoms with van der Waals surface area (Å²) < 4.78 is 37.9. The Labute approximate surface area is 196 Å². The Morgan fingerprint density at radius 3 is 2.45 bits per heavy atom. The molecule has 8 nitrogen and oxygen atoms in total. The Morgan fingerprint density at radius 2 is 1.73 bits per heavy atom. The van der Waals surface area contributed by atoms with Gasteiger partial charge in [-0.25, -0.2) is 17.9 Å². The van der Waals surface area contributed by atoms with E-state index in [0.717, 1.165) is 11.6 Å². The van der Waals surface area contributed by atoms with Gasteiger partial charge in [-0.2, -0.15) is 0 Å². The van der Waals surface area contributed by atoms with Crippen LogP contribution in [0.15, 0.2) is 77.7 Å².